The molecule has 3 rings (SSSR count). The van der Waals surface area contributed by atoms with Crippen LogP contribution in [0.25, 0.3) is 11.0 Å². The molecule has 23 heavy (non-hydrogen) atoms. The molecule has 0 aliphatic carbocycles. The summed E-state index contributed by atoms with van der Waals surface area (Å²) in [5.41, 5.74) is 1.93. The molecule has 0 saturated carbocycles. The van der Waals surface area contributed by atoms with E-state index in [-0.39, 0.29) is 12.3 Å². The Morgan fingerprint density at radius 2 is 1.96 bits per heavy atom. The van der Waals surface area contributed by atoms with Crippen LogP contribution in [0.15, 0.2) is 57.5 Å². The summed E-state index contributed by atoms with van der Waals surface area (Å²) in [6, 6.07) is 15.5. The first kappa shape index (κ1) is 15.7. The average molecular weight is 373 g/mol. The third-order valence-electron chi connectivity index (χ3n) is 3.78. The predicted molar refractivity (Wildman–Crippen MR) is 93.0 cm³/mol. The van der Waals surface area contributed by atoms with Crippen molar-refractivity contribution < 1.29 is 9.32 Å². The van der Waals surface area contributed by atoms with Gasteiger partial charge in [-0.3, -0.25) is 4.79 Å². The summed E-state index contributed by atoms with van der Waals surface area (Å²) in [4.78, 5) is 12.4. The minimum absolute atomic E-state index is 0.0889. The van der Waals surface area contributed by atoms with Crippen LogP contribution in [0.2, 0.25) is 0 Å². The fourth-order valence-corrected chi connectivity index (χ4v) is 2.92. The van der Waals surface area contributed by atoms with Crippen LogP contribution in [0.3, 0.4) is 0 Å². The van der Waals surface area contributed by atoms with Crippen LogP contribution in [0.5, 0.6) is 0 Å². The maximum atomic E-state index is 12.4. The van der Waals surface area contributed by atoms with Crippen LogP contribution in [0.4, 0.5) is 0 Å². The SMILES string of the molecule is CC(C)(NC(=O)Cc1noc2ccc(Br)cc12)c1ccccc1. The number of nitrogens with zero attached hydrogens (tertiary/aromatic N) is 1. The Balaban J connectivity index is 1.77. The summed E-state index contributed by atoms with van der Waals surface area (Å²) in [7, 11) is 0. The number of carbonyl (C=O) groups is 1. The van der Waals surface area contributed by atoms with Crippen molar-refractivity contribution in [2.75, 3.05) is 0 Å². The molecule has 0 bridgehead atoms. The molecule has 0 spiro atoms. The van der Waals surface area contributed by atoms with Crippen molar-refractivity contribution in [1.82, 2.24) is 10.5 Å². The van der Waals surface area contributed by atoms with E-state index in [4.69, 9.17) is 4.52 Å². The van der Waals surface area contributed by atoms with E-state index in [0.717, 1.165) is 15.4 Å². The Morgan fingerprint density at radius 1 is 1.22 bits per heavy atom. The molecule has 1 heterocycles. The Hall–Kier alpha value is -2.14. The smallest absolute Gasteiger partial charge is 0.226 e. The number of amides is 1. The monoisotopic (exact) mass is 372 g/mol. The van der Waals surface area contributed by atoms with E-state index < -0.39 is 5.54 Å². The third kappa shape index (κ3) is 3.45. The summed E-state index contributed by atoms with van der Waals surface area (Å²) in [5, 5.41) is 7.93. The number of fused-ring (bicyclic) bond motifs is 1. The van der Waals surface area contributed by atoms with Gasteiger partial charge in [-0.1, -0.05) is 51.4 Å². The highest BCUT2D eigenvalue weighted by molar-refractivity contribution is 9.10. The van der Waals surface area contributed by atoms with Crippen molar-refractivity contribution in [3.8, 4) is 0 Å². The van der Waals surface area contributed by atoms with Gasteiger partial charge in [0.15, 0.2) is 5.58 Å². The van der Waals surface area contributed by atoms with Crippen LogP contribution >= 0.6 is 15.9 Å². The molecule has 1 aromatic heterocycles. The topological polar surface area (TPSA) is 55.1 Å². The lowest BCUT2D eigenvalue weighted by Crippen LogP contribution is -2.41. The highest BCUT2D eigenvalue weighted by Crippen LogP contribution is 2.24. The molecule has 0 atom stereocenters. The van der Waals surface area contributed by atoms with Crippen LogP contribution in [0.1, 0.15) is 25.1 Å². The molecule has 2 aromatic carbocycles. The van der Waals surface area contributed by atoms with E-state index in [1.54, 1.807) is 0 Å². The van der Waals surface area contributed by atoms with E-state index in [1.807, 2.05) is 62.4 Å². The zero-order chi connectivity index (χ0) is 16.4. The summed E-state index contributed by atoms with van der Waals surface area (Å²) in [5.74, 6) is -0.0889. The van der Waals surface area contributed by atoms with Crippen LogP contribution in [-0.2, 0) is 16.8 Å². The second-order valence-electron chi connectivity index (χ2n) is 5.99. The molecular formula is C18H17BrN2O2. The molecular weight excluding hydrogens is 356 g/mol. The molecule has 0 saturated heterocycles. The quantitative estimate of drug-likeness (QED) is 0.746. The summed E-state index contributed by atoms with van der Waals surface area (Å²) in [6.07, 6.45) is 0.180. The van der Waals surface area contributed by atoms with E-state index in [9.17, 15) is 4.79 Å². The Labute approximate surface area is 143 Å². The second-order valence-corrected chi connectivity index (χ2v) is 6.90. The standard InChI is InChI=1S/C18H17BrN2O2/c1-18(2,12-6-4-3-5-7-12)20-17(22)11-15-14-10-13(19)8-9-16(14)23-21-15/h3-10H,11H2,1-2H3,(H,20,22). The van der Waals surface area contributed by atoms with Gasteiger partial charge in [-0.25, -0.2) is 0 Å². The fourth-order valence-electron chi connectivity index (χ4n) is 2.56. The number of hydrogen-bond acceptors (Lipinski definition) is 3. The van der Waals surface area contributed by atoms with Crippen LogP contribution in [-0.4, -0.2) is 11.1 Å². The highest BCUT2D eigenvalue weighted by atomic mass is 79.9. The number of hydrogen-bond donors (Lipinski definition) is 1. The van der Waals surface area contributed by atoms with E-state index in [0.29, 0.717) is 11.3 Å². The molecule has 1 amide bonds. The van der Waals surface area contributed by atoms with Gasteiger partial charge in [-0.2, -0.15) is 0 Å². The zero-order valence-corrected chi connectivity index (χ0v) is 14.6. The number of halogens is 1. The molecule has 118 valence electrons. The van der Waals surface area contributed by atoms with E-state index in [1.165, 1.54) is 0 Å². The maximum Gasteiger partial charge on any atom is 0.226 e. The van der Waals surface area contributed by atoms with Crippen molar-refractivity contribution in [3.63, 3.8) is 0 Å². The lowest BCUT2D eigenvalue weighted by molar-refractivity contribution is -0.122. The summed E-state index contributed by atoms with van der Waals surface area (Å²) in [6.45, 7) is 3.97. The van der Waals surface area contributed by atoms with Gasteiger partial charge in [-0.05, 0) is 37.6 Å². The number of nitrogens with one attached hydrogen (secondary N) is 1. The van der Waals surface area contributed by atoms with Gasteiger partial charge in [-0.15, -0.1) is 0 Å². The van der Waals surface area contributed by atoms with Gasteiger partial charge >= 0.3 is 0 Å². The van der Waals surface area contributed by atoms with Gasteiger partial charge in [0.1, 0.15) is 5.69 Å². The normalized spacial score (nSPS) is 11.6. The van der Waals surface area contributed by atoms with Gasteiger partial charge < -0.3 is 9.84 Å². The Morgan fingerprint density at radius 3 is 2.70 bits per heavy atom. The van der Waals surface area contributed by atoms with Gasteiger partial charge in [0.05, 0.1) is 12.0 Å². The Kier molecular flexibility index (Phi) is 4.22. The van der Waals surface area contributed by atoms with E-state index in [2.05, 4.69) is 26.4 Å². The molecule has 0 fully saturated rings. The number of carbonyl (C=O) groups excluding carboxylic acids is 1. The number of rotatable bonds is 4. The Bertz CT molecular complexity index is 841. The van der Waals surface area contributed by atoms with Crippen LogP contribution < -0.4 is 5.32 Å². The fraction of sp³-hybridized carbons (Fsp3) is 0.222. The molecule has 0 unspecified atom stereocenters. The van der Waals surface area contributed by atoms with Crippen molar-refractivity contribution in [2.24, 2.45) is 0 Å². The lowest BCUT2D eigenvalue weighted by Gasteiger charge is -2.26. The number of benzene rings is 2. The predicted octanol–water partition coefficient (Wildman–Crippen LogP) is 4.18. The van der Waals surface area contributed by atoms with Gasteiger partial charge in [0, 0.05) is 9.86 Å². The van der Waals surface area contributed by atoms with Crippen molar-refractivity contribution in [3.05, 3.63) is 64.3 Å². The molecule has 1 N–H and O–H groups in total. The first-order valence-electron chi connectivity index (χ1n) is 7.36. The molecule has 0 aliphatic heterocycles. The molecule has 0 aliphatic rings. The number of aromatic nitrogens is 1. The zero-order valence-electron chi connectivity index (χ0n) is 13.0. The molecule has 4 nitrogen and oxygen atoms in total. The largest absolute Gasteiger partial charge is 0.356 e. The van der Waals surface area contributed by atoms with E-state index >= 15 is 0 Å². The molecule has 0 radical (unpaired) electrons. The summed E-state index contributed by atoms with van der Waals surface area (Å²) < 4.78 is 6.20. The average Bonchev–Trinajstić information content (AvgIpc) is 2.90. The lowest BCUT2D eigenvalue weighted by atomic mass is 9.94. The molecule has 5 heteroatoms. The highest BCUT2D eigenvalue weighted by Gasteiger charge is 2.23. The van der Waals surface area contributed by atoms with Gasteiger partial charge in [0.2, 0.25) is 5.91 Å². The van der Waals surface area contributed by atoms with Crippen LogP contribution in [0, 0.1) is 0 Å². The molecule has 3 aromatic rings. The van der Waals surface area contributed by atoms with Crippen molar-refractivity contribution in [2.45, 2.75) is 25.8 Å². The second kappa shape index (κ2) is 6.16. The maximum absolute atomic E-state index is 12.4. The van der Waals surface area contributed by atoms with Gasteiger partial charge in [0.25, 0.3) is 0 Å². The first-order valence-corrected chi connectivity index (χ1v) is 8.15. The summed E-state index contributed by atoms with van der Waals surface area (Å²) >= 11 is 3.43. The van der Waals surface area contributed by atoms with Crippen molar-refractivity contribution >= 4 is 32.8 Å². The van der Waals surface area contributed by atoms with Crippen molar-refractivity contribution in [1.29, 1.82) is 0 Å². The first-order chi connectivity index (χ1) is 11.0. The minimum atomic E-state index is -0.446. The minimum Gasteiger partial charge on any atom is -0.356 e. The third-order valence-corrected chi connectivity index (χ3v) is 4.28.